The second kappa shape index (κ2) is 5.12. The lowest BCUT2D eigenvalue weighted by Crippen LogP contribution is -2.19. The van der Waals surface area contributed by atoms with Crippen LogP contribution < -0.4 is 5.32 Å². The van der Waals surface area contributed by atoms with Gasteiger partial charge in [-0.15, -0.1) is 10.2 Å². The number of para-hydroxylation sites is 2. The molecule has 1 aliphatic heterocycles. The van der Waals surface area contributed by atoms with Gasteiger partial charge >= 0.3 is 0 Å². The summed E-state index contributed by atoms with van der Waals surface area (Å²) in [5.41, 5.74) is 2.13. The minimum absolute atomic E-state index is 0.0786. The van der Waals surface area contributed by atoms with E-state index in [-0.39, 0.29) is 6.04 Å². The van der Waals surface area contributed by atoms with E-state index in [1.165, 1.54) is 12.8 Å². The van der Waals surface area contributed by atoms with Crippen LogP contribution in [-0.4, -0.2) is 24.3 Å². The fourth-order valence-corrected chi connectivity index (χ4v) is 3.18. The van der Waals surface area contributed by atoms with Crippen molar-refractivity contribution in [3.63, 3.8) is 0 Å². The van der Waals surface area contributed by atoms with Gasteiger partial charge in [-0.3, -0.25) is 0 Å². The summed E-state index contributed by atoms with van der Waals surface area (Å²) in [6.07, 6.45) is 3.45. The molecule has 22 heavy (non-hydrogen) atoms. The van der Waals surface area contributed by atoms with Crippen LogP contribution in [0.2, 0.25) is 0 Å². The van der Waals surface area contributed by atoms with Gasteiger partial charge in [0.2, 0.25) is 5.95 Å². The largest absolute Gasteiger partial charge is 0.346 e. The van der Waals surface area contributed by atoms with Crippen LogP contribution in [0, 0.1) is 0 Å². The van der Waals surface area contributed by atoms with Gasteiger partial charge in [-0.25, -0.2) is 4.98 Å². The molecule has 6 heteroatoms. The van der Waals surface area contributed by atoms with E-state index in [4.69, 9.17) is 0 Å². The van der Waals surface area contributed by atoms with Crippen LogP contribution in [0.25, 0.3) is 11.0 Å². The maximum Gasteiger partial charge on any atom is 0.204 e. The summed E-state index contributed by atoms with van der Waals surface area (Å²) in [6.45, 7) is 3.14. The lowest BCUT2D eigenvalue weighted by molar-refractivity contribution is 0.500. The van der Waals surface area contributed by atoms with E-state index in [0.29, 0.717) is 0 Å². The van der Waals surface area contributed by atoms with Gasteiger partial charge in [0.1, 0.15) is 5.82 Å². The molecular weight excluding hydrogens is 276 g/mol. The highest BCUT2D eigenvalue weighted by Gasteiger charge is 2.21. The maximum atomic E-state index is 4.67. The second-order valence-electron chi connectivity index (χ2n) is 5.93. The lowest BCUT2D eigenvalue weighted by Gasteiger charge is -2.19. The van der Waals surface area contributed by atoms with Crippen molar-refractivity contribution in [1.82, 2.24) is 24.3 Å². The third-order valence-electron chi connectivity index (χ3n) is 4.41. The SMILES string of the molecule is CC(Nc1nc2ccccc2n1C)c1nnc2n1CCCC2. The molecule has 0 amide bonds. The van der Waals surface area contributed by atoms with E-state index in [2.05, 4.69) is 42.6 Å². The zero-order valence-corrected chi connectivity index (χ0v) is 13.0. The van der Waals surface area contributed by atoms with Gasteiger partial charge in [0, 0.05) is 20.0 Å². The van der Waals surface area contributed by atoms with Crippen molar-refractivity contribution in [2.24, 2.45) is 7.05 Å². The van der Waals surface area contributed by atoms with Crippen LogP contribution in [0.15, 0.2) is 24.3 Å². The zero-order valence-electron chi connectivity index (χ0n) is 13.0. The minimum atomic E-state index is 0.0786. The molecule has 0 saturated carbocycles. The standard InChI is InChI=1S/C16H20N6/c1-11(15-20-19-14-9-5-6-10-22(14)15)17-16-18-12-7-3-4-8-13(12)21(16)2/h3-4,7-8,11H,5-6,9-10H2,1-2H3,(H,17,18). The molecule has 114 valence electrons. The van der Waals surface area contributed by atoms with E-state index in [9.17, 15) is 0 Å². The van der Waals surface area contributed by atoms with Crippen LogP contribution in [-0.2, 0) is 20.0 Å². The molecular formula is C16H20N6. The van der Waals surface area contributed by atoms with E-state index in [1.807, 2.05) is 25.2 Å². The summed E-state index contributed by atoms with van der Waals surface area (Å²) in [4.78, 5) is 4.67. The molecule has 0 spiro atoms. The fraction of sp³-hybridized carbons (Fsp3) is 0.438. The normalized spacial score (nSPS) is 15.7. The molecule has 1 aromatic carbocycles. The molecule has 6 nitrogen and oxygen atoms in total. The number of nitrogens with one attached hydrogen (secondary N) is 1. The number of rotatable bonds is 3. The van der Waals surface area contributed by atoms with Crippen molar-refractivity contribution >= 4 is 17.0 Å². The van der Waals surface area contributed by atoms with Gasteiger partial charge in [0.25, 0.3) is 0 Å². The van der Waals surface area contributed by atoms with Gasteiger partial charge in [-0.05, 0) is 31.9 Å². The Hall–Kier alpha value is -2.37. The molecule has 3 heterocycles. The van der Waals surface area contributed by atoms with Gasteiger partial charge in [0.05, 0.1) is 17.1 Å². The van der Waals surface area contributed by atoms with Crippen LogP contribution in [0.1, 0.15) is 37.5 Å². The first-order chi connectivity index (χ1) is 10.7. The molecule has 0 radical (unpaired) electrons. The van der Waals surface area contributed by atoms with E-state index >= 15 is 0 Å². The Kier molecular flexibility index (Phi) is 3.10. The van der Waals surface area contributed by atoms with Crippen LogP contribution in [0.4, 0.5) is 5.95 Å². The van der Waals surface area contributed by atoms with Crippen LogP contribution in [0.3, 0.4) is 0 Å². The average Bonchev–Trinajstić information content (AvgIpc) is 3.10. The summed E-state index contributed by atoms with van der Waals surface area (Å²) in [5, 5.41) is 12.2. The molecule has 0 fully saturated rings. The number of aromatic nitrogens is 5. The van der Waals surface area contributed by atoms with Crippen LogP contribution >= 0.6 is 0 Å². The molecule has 0 aliphatic carbocycles. The molecule has 1 aliphatic rings. The van der Waals surface area contributed by atoms with Crippen molar-refractivity contribution in [2.75, 3.05) is 5.32 Å². The number of aryl methyl sites for hydroxylation is 2. The summed E-state index contributed by atoms with van der Waals surface area (Å²) in [6, 6.07) is 8.24. The number of hydrogen-bond acceptors (Lipinski definition) is 4. The summed E-state index contributed by atoms with van der Waals surface area (Å²) in [7, 11) is 2.03. The van der Waals surface area contributed by atoms with Gasteiger partial charge in [-0.2, -0.15) is 0 Å². The highest BCUT2D eigenvalue weighted by Crippen LogP contribution is 2.24. The van der Waals surface area contributed by atoms with Gasteiger partial charge < -0.3 is 14.5 Å². The van der Waals surface area contributed by atoms with Gasteiger partial charge in [-0.1, -0.05) is 12.1 Å². The second-order valence-corrected chi connectivity index (χ2v) is 5.93. The Balaban J connectivity index is 1.64. The number of benzene rings is 1. The Morgan fingerprint density at radius 1 is 1.18 bits per heavy atom. The van der Waals surface area contributed by atoms with Crippen molar-refractivity contribution in [2.45, 2.75) is 38.8 Å². The predicted molar refractivity (Wildman–Crippen MR) is 85.7 cm³/mol. The summed E-state index contributed by atoms with van der Waals surface area (Å²) < 4.78 is 4.34. The highest BCUT2D eigenvalue weighted by molar-refractivity contribution is 5.78. The highest BCUT2D eigenvalue weighted by atomic mass is 15.3. The molecule has 4 rings (SSSR count). The molecule has 3 aromatic rings. The number of fused-ring (bicyclic) bond motifs is 2. The molecule has 1 N–H and O–H groups in total. The molecule has 1 unspecified atom stereocenters. The Morgan fingerprint density at radius 2 is 2.05 bits per heavy atom. The van der Waals surface area contributed by atoms with Crippen molar-refractivity contribution < 1.29 is 0 Å². The minimum Gasteiger partial charge on any atom is -0.346 e. The van der Waals surface area contributed by atoms with Crippen molar-refractivity contribution in [3.05, 3.63) is 35.9 Å². The van der Waals surface area contributed by atoms with Crippen molar-refractivity contribution in [1.29, 1.82) is 0 Å². The third kappa shape index (κ3) is 2.06. The number of nitrogens with zero attached hydrogens (tertiary/aromatic N) is 5. The number of hydrogen-bond donors (Lipinski definition) is 1. The van der Waals surface area contributed by atoms with E-state index in [1.54, 1.807) is 0 Å². The molecule has 0 saturated heterocycles. The molecule has 1 atom stereocenters. The Bertz CT molecular complexity index is 815. The molecule has 2 aromatic heterocycles. The predicted octanol–water partition coefficient (Wildman–Crippen LogP) is 2.67. The zero-order chi connectivity index (χ0) is 15.1. The number of imidazole rings is 1. The number of anilines is 1. The van der Waals surface area contributed by atoms with E-state index in [0.717, 1.165) is 41.6 Å². The fourth-order valence-electron chi connectivity index (χ4n) is 3.18. The molecule has 0 bridgehead atoms. The summed E-state index contributed by atoms with van der Waals surface area (Å²) in [5.74, 6) is 2.98. The van der Waals surface area contributed by atoms with E-state index < -0.39 is 0 Å². The quantitative estimate of drug-likeness (QED) is 0.807. The maximum absolute atomic E-state index is 4.67. The van der Waals surface area contributed by atoms with Gasteiger partial charge in [0.15, 0.2) is 5.82 Å². The van der Waals surface area contributed by atoms with Crippen molar-refractivity contribution in [3.8, 4) is 0 Å². The monoisotopic (exact) mass is 296 g/mol. The smallest absolute Gasteiger partial charge is 0.204 e. The first-order valence-electron chi connectivity index (χ1n) is 7.84. The van der Waals surface area contributed by atoms with Crippen LogP contribution in [0.5, 0.6) is 0 Å². The Morgan fingerprint density at radius 3 is 2.91 bits per heavy atom. The lowest BCUT2D eigenvalue weighted by atomic mass is 10.1. The summed E-state index contributed by atoms with van der Waals surface area (Å²) >= 11 is 0. The topological polar surface area (TPSA) is 60.6 Å². The first kappa shape index (κ1) is 13.3. The first-order valence-corrected chi connectivity index (χ1v) is 7.84. The third-order valence-corrected chi connectivity index (χ3v) is 4.41. The average molecular weight is 296 g/mol. The Labute approximate surface area is 129 Å².